The first kappa shape index (κ1) is 17.0. The number of urea groups is 1. The van der Waals surface area contributed by atoms with Crippen LogP contribution in [0.2, 0.25) is 0 Å². The molecule has 130 valence electrons. The fourth-order valence-corrected chi connectivity index (χ4v) is 2.97. The maximum absolute atomic E-state index is 12.7. The second kappa shape index (κ2) is 7.38. The van der Waals surface area contributed by atoms with Crippen molar-refractivity contribution in [2.75, 3.05) is 31.5 Å². The van der Waals surface area contributed by atoms with Crippen LogP contribution in [0.5, 0.6) is 0 Å². The zero-order chi connectivity index (χ0) is 17.8. The van der Waals surface area contributed by atoms with Crippen LogP contribution in [-0.4, -0.2) is 47.9 Å². The van der Waals surface area contributed by atoms with Crippen molar-refractivity contribution in [3.63, 3.8) is 0 Å². The summed E-state index contributed by atoms with van der Waals surface area (Å²) < 4.78 is 0. The van der Waals surface area contributed by atoms with E-state index in [4.69, 9.17) is 0 Å². The molecule has 1 aliphatic rings. The SMILES string of the molecule is Cc1ccc(C)c(C(=O)N2CCN(C(=O)Nc3ccccc3)CC2)c1. The number of piperazine rings is 1. The number of para-hydroxylation sites is 1. The molecular formula is C20H23N3O2. The second-order valence-corrected chi connectivity index (χ2v) is 6.39. The van der Waals surface area contributed by atoms with Gasteiger partial charge in [0.15, 0.2) is 0 Å². The first-order chi connectivity index (χ1) is 12.0. The summed E-state index contributed by atoms with van der Waals surface area (Å²) in [6.45, 7) is 6.12. The standard InChI is InChI=1S/C20H23N3O2/c1-15-8-9-16(2)18(14-15)19(24)22-10-12-23(13-11-22)20(25)21-17-6-4-3-5-7-17/h3-9,14H,10-13H2,1-2H3,(H,21,25). The molecule has 2 aromatic rings. The number of hydrogen-bond acceptors (Lipinski definition) is 2. The van der Waals surface area contributed by atoms with Crippen LogP contribution >= 0.6 is 0 Å². The minimum absolute atomic E-state index is 0.0457. The van der Waals surface area contributed by atoms with Gasteiger partial charge < -0.3 is 15.1 Å². The lowest BCUT2D eigenvalue weighted by Crippen LogP contribution is -2.51. The van der Waals surface area contributed by atoms with Gasteiger partial charge in [0.25, 0.3) is 5.91 Å². The van der Waals surface area contributed by atoms with E-state index >= 15 is 0 Å². The Morgan fingerprint density at radius 1 is 0.880 bits per heavy atom. The molecule has 5 nitrogen and oxygen atoms in total. The van der Waals surface area contributed by atoms with Gasteiger partial charge in [0.05, 0.1) is 0 Å². The van der Waals surface area contributed by atoms with E-state index in [0.717, 1.165) is 22.4 Å². The average molecular weight is 337 g/mol. The molecule has 1 fully saturated rings. The average Bonchev–Trinajstić information content (AvgIpc) is 2.64. The molecule has 0 unspecified atom stereocenters. The summed E-state index contributed by atoms with van der Waals surface area (Å²) >= 11 is 0. The first-order valence-corrected chi connectivity index (χ1v) is 8.52. The molecule has 3 rings (SSSR count). The van der Waals surface area contributed by atoms with Crippen molar-refractivity contribution in [1.29, 1.82) is 0 Å². The van der Waals surface area contributed by atoms with Gasteiger partial charge in [-0.25, -0.2) is 4.79 Å². The molecule has 1 aliphatic heterocycles. The third kappa shape index (κ3) is 3.99. The summed E-state index contributed by atoms with van der Waals surface area (Å²) in [5, 5.41) is 2.89. The molecular weight excluding hydrogens is 314 g/mol. The van der Waals surface area contributed by atoms with Crippen LogP contribution in [0.15, 0.2) is 48.5 Å². The van der Waals surface area contributed by atoms with Crippen LogP contribution in [0, 0.1) is 13.8 Å². The Morgan fingerprint density at radius 2 is 1.52 bits per heavy atom. The largest absolute Gasteiger partial charge is 0.335 e. The number of amides is 3. The summed E-state index contributed by atoms with van der Waals surface area (Å²) in [4.78, 5) is 28.6. The number of hydrogen-bond donors (Lipinski definition) is 1. The molecule has 0 aromatic heterocycles. The van der Waals surface area contributed by atoms with Crippen LogP contribution in [0.1, 0.15) is 21.5 Å². The van der Waals surface area contributed by atoms with Crippen molar-refractivity contribution in [2.24, 2.45) is 0 Å². The van der Waals surface area contributed by atoms with Crippen molar-refractivity contribution in [1.82, 2.24) is 9.80 Å². The van der Waals surface area contributed by atoms with E-state index in [0.29, 0.717) is 26.2 Å². The van der Waals surface area contributed by atoms with Gasteiger partial charge in [-0.2, -0.15) is 0 Å². The zero-order valence-corrected chi connectivity index (χ0v) is 14.7. The highest BCUT2D eigenvalue weighted by molar-refractivity contribution is 5.96. The summed E-state index contributed by atoms with van der Waals surface area (Å²) in [6, 6.07) is 15.2. The Labute approximate surface area is 148 Å². The lowest BCUT2D eigenvalue weighted by Gasteiger charge is -2.35. The molecule has 0 bridgehead atoms. The summed E-state index contributed by atoms with van der Waals surface area (Å²) in [6.07, 6.45) is 0. The van der Waals surface area contributed by atoms with Crippen LogP contribution in [0.3, 0.4) is 0 Å². The number of nitrogens with one attached hydrogen (secondary N) is 1. The molecule has 25 heavy (non-hydrogen) atoms. The molecule has 0 radical (unpaired) electrons. The Balaban J connectivity index is 1.59. The molecule has 1 heterocycles. The maximum atomic E-state index is 12.7. The van der Waals surface area contributed by atoms with Crippen molar-refractivity contribution in [3.05, 3.63) is 65.2 Å². The van der Waals surface area contributed by atoms with Crippen LogP contribution in [0.25, 0.3) is 0 Å². The van der Waals surface area contributed by atoms with Crippen molar-refractivity contribution in [2.45, 2.75) is 13.8 Å². The molecule has 1 saturated heterocycles. The summed E-state index contributed by atoms with van der Waals surface area (Å²) in [7, 11) is 0. The Kier molecular flexibility index (Phi) is 5.03. The molecule has 1 N–H and O–H groups in total. The number of nitrogens with zero attached hydrogens (tertiary/aromatic N) is 2. The number of carbonyl (C=O) groups is 2. The third-order valence-corrected chi connectivity index (χ3v) is 4.50. The van der Waals surface area contributed by atoms with Crippen LogP contribution in [0.4, 0.5) is 10.5 Å². The maximum Gasteiger partial charge on any atom is 0.321 e. The van der Waals surface area contributed by atoms with Crippen molar-refractivity contribution >= 4 is 17.6 Å². The predicted molar refractivity (Wildman–Crippen MR) is 98.9 cm³/mol. The lowest BCUT2D eigenvalue weighted by atomic mass is 10.0. The van der Waals surface area contributed by atoms with Crippen molar-refractivity contribution < 1.29 is 9.59 Å². The molecule has 3 amide bonds. The molecule has 0 atom stereocenters. The predicted octanol–water partition coefficient (Wildman–Crippen LogP) is 3.29. The van der Waals surface area contributed by atoms with E-state index in [1.165, 1.54) is 0 Å². The van der Waals surface area contributed by atoms with E-state index < -0.39 is 0 Å². The Bertz CT molecular complexity index is 766. The molecule has 0 spiro atoms. The van der Waals surface area contributed by atoms with E-state index in [1.54, 1.807) is 4.90 Å². The minimum Gasteiger partial charge on any atom is -0.335 e. The number of anilines is 1. The normalized spacial score (nSPS) is 14.3. The molecule has 5 heteroatoms. The molecule has 0 saturated carbocycles. The van der Waals surface area contributed by atoms with Gasteiger partial charge in [0.2, 0.25) is 0 Å². The summed E-state index contributed by atoms with van der Waals surface area (Å²) in [5.74, 6) is 0.0457. The Morgan fingerprint density at radius 3 is 2.20 bits per heavy atom. The van der Waals surface area contributed by atoms with Gasteiger partial charge in [-0.3, -0.25) is 4.79 Å². The van der Waals surface area contributed by atoms with Crippen LogP contribution in [-0.2, 0) is 0 Å². The zero-order valence-electron chi connectivity index (χ0n) is 14.7. The lowest BCUT2D eigenvalue weighted by molar-refractivity contribution is 0.0671. The van der Waals surface area contributed by atoms with Crippen LogP contribution < -0.4 is 5.32 Å². The second-order valence-electron chi connectivity index (χ2n) is 6.39. The smallest absolute Gasteiger partial charge is 0.321 e. The number of aryl methyl sites for hydroxylation is 2. The fraction of sp³-hybridized carbons (Fsp3) is 0.300. The monoisotopic (exact) mass is 337 g/mol. The van der Waals surface area contributed by atoms with E-state index in [1.807, 2.05) is 67.3 Å². The first-order valence-electron chi connectivity index (χ1n) is 8.52. The van der Waals surface area contributed by atoms with Gasteiger partial charge in [0.1, 0.15) is 0 Å². The van der Waals surface area contributed by atoms with Gasteiger partial charge in [0, 0.05) is 37.4 Å². The topological polar surface area (TPSA) is 52.7 Å². The highest BCUT2D eigenvalue weighted by atomic mass is 16.2. The van der Waals surface area contributed by atoms with E-state index in [-0.39, 0.29) is 11.9 Å². The van der Waals surface area contributed by atoms with Crippen molar-refractivity contribution in [3.8, 4) is 0 Å². The van der Waals surface area contributed by atoms with Gasteiger partial charge in [-0.15, -0.1) is 0 Å². The number of rotatable bonds is 2. The highest BCUT2D eigenvalue weighted by Gasteiger charge is 2.25. The molecule has 2 aromatic carbocycles. The Hall–Kier alpha value is -2.82. The van der Waals surface area contributed by atoms with E-state index in [2.05, 4.69) is 5.32 Å². The number of benzene rings is 2. The van der Waals surface area contributed by atoms with Gasteiger partial charge >= 0.3 is 6.03 Å². The quantitative estimate of drug-likeness (QED) is 0.914. The van der Waals surface area contributed by atoms with E-state index in [9.17, 15) is 9.59 Å². The summed E-state index contributed by atoms with van der Waals surface area (Å²) in [5.41, 5.74) is 3.60. The third-order valence-electron chi connectivity index (χ3n) is 4.50. The van der Waals surface area contributed by atoms with Gasteiger partial charge in [-0.1, -0.05) is 35.9 Å². The molecule has 0 aliphatic carbocycles. The minimum atomic E-state index is -0.120. The highest BCUT2D eigenvalue weighted by Crippen LogP contribution is 2.15. The number of carbonyl (C=O) groups excluding carboxylic acids is 2. The van der Waals surface area contributed by atoms with Gasteiger partial charge in [-0.05, 0) is 37.6 Å². The fourth-order valence-electron chi connectivity index (χ4n) is 2.97.